The Labute approximate surface area is 151 Å². The summed E-state index contributed by atoms with van der Waals surface area (Å²) in [5, 5.41) is 2.69. The standard InChI is InChI=1S/C19H21F2N3O2/c20-16-9-15(10-17(21)12-16)13-23-19(25)2-1-14-3-4-22-18(11-14)24-5-7-26-8-6-24/h3-4,9-12H,1-2,5-8,13H2,(H,23,25). The van der Waals surface area contributed by atoms with Crippen LogP contribution in [0.1, 0.15) is 17.5 Å². The Morgan fingerprint density at radius 1 is 1.12 bits per heavy atom. The van der Waals surface area contributed by atoms with E-state index in [0.29, 0.717) is 31.6 Å². The Bertz CT molecular complexity index is 744. The van der Waals surface area contributed by atoms with E-state index < -0.39 is 11.6 Å². The molecule has 0 unspecified atom stereocenters. The molecule has 1 aliphatic heterocycles. The SMILES string of the molecule is O=C(CCc1ccnc(N2CCOCC2)c1)NCc1cc(F)cc(F)c1. The molecule has 2 aromatic rings. The van der Waals surface area contributed by atoms with Crippen molar-refractivity contribution in [3.8, 4) is 0 Å². The highest BCUT2D eigenvalue weighted by Gasteiger charge is 2.13. The lowest BCUT2D eigenvalue weighted by molar-refractivity contribution is -0.121. The largest absolute Gasteiger partial charge is 0.378 e. The molecule has 0 aliphatic carbocycles. The number of rotatable bonds is 6. The normalized spacial score (nSPS) is 14.3. The van der Waals surface area contributed by atoms with Gasteiger partial charge in [-0.3, -0.25) is 4.79 Å². The van der Waals surface area contributed by atoms with E-state index in [0.717, 1.165) is 30.5 Å². The highest BCUT2D eigenvalue weighted by atomic mass is 19.1. The first kappa shape index (κ1) is 18.3. The molecule has 2 heterocycles. The number of aromatic nitrogens is 1. The number of ether oxygens (including phenoxy) is 1. The molecule has 0 saturated carbocycles. The Balaban J connectivity index is 1.49. The quantitative estimate of drug-likeness (QED) is 0.859. The van der Waals surface area contributed by atoms with Crippen LogP contribution in [0.5, 0.6) is 0 Å². The molecule has 7 heteroatoms. The number of nitrogens with one attached hydrogen (secondary N) is 1. The minimum Gasteiger partial charge on any atom is -0.378 e. The number of hydrogen-bond acceptors (Lipinski definition) is 4. The average molecular weight is 361 g/mol. The lowest BCUT2D eigenvalue weighted by Crippen LogP contribution is -2.36. The van der Waals surface area contributed by atoms with E-state index in [1.54, 1.807) is 6.20 Å². The molecule has 1 fully saturated rings. The van der Waals surface area contributed by atoms with Gasteiger partial charge in [0.05, 0.1) is 13.2 Å². The molecule has 0 atom stereocenters. The third kappa shape index (κ3) is 5.23. The van der Waals surface area contributed by atoms with E-state index in [9.17, 15) is 13.6 Å². The number of halogens is 2. The number of carbonyl (C=O) groups excluding carboxylic acids is 1. The minimum atomic E-state index is -0.651. The fourth-order valence-corrected chi connectivity index (χ4v) is 2.84. The summed E-state index contributed by atoms with van der Waals surface area (Å²) in [6.07, 6.45) is 2.61. The summed E-state index contributed by atoms with van der Waals surface area (Å²) >= 11 is 0. The fraction of sp³-hybridized carbons (Fsp3) is 0.368. The molecule has 1 aromatic carbocycles. The lowest BCUT2D eigenvalue weighted by atomic mass is 10.1. The summed E-state index contributed by atoms with van der Waals surface area (Å²) in [5.74, 6) is -0.579. The van der Waals surface area contributed by atoms with Gasteiger partial charge in [-0.1, -0.05) is 0 Å². The van der Waals surface area contributed by atoms with Gasteiger partial charge in [-0.15, -0.1) is 0 Å². The number of hydrogen-bond donors (Lipinski definition) is 1. The molecule has 1 saturated heterocycles. The van der Waals surface area contributed by atoms with Crippen molar-refractivity contribution >= 4 is 11.7 Å². The van der Waals surface area contributed by atoms with Gasteiger partial charge in [-0.05, 0) is 41.8 Å². The molecular weight excluding hydrogens is 340 g/mol. The number of nitrogens with zero attached hydrogens (tertiary/aromatic N) is 2. The number of pyridine rings is 1. The molecule has 1 amide bonds. The van der Waals surface area contributed by atoms with Crippen LogP contribution in [0.2, 0.25) is 0 Å². The number of amides is 1. The van der Waals surface area contributed by atoms with Gasteiger partial charge >= 0.3 is 0 Å². The summed E-state index contributed by atoms with van der Waals surface area (Å²) < 4.78 is 31.6. The van der Waals surface area contributed by atoms with E-state index in [-0.39, 0.29) is 12.5 Å². The molecule has 1 aromatic heterocycles. The number of morpholine rings is 1. The average Bonchev–Trinajstić information content (AvgIpc) is 2.65. The van der Waals surface area contributed by atoms with Crippen molar-refractivity contribution in [2.75, 3.05) is 31.2 Å². The monoisotopic (exact) mass is 361 g/mol. The molecule has 138 valence electrons. The van der Waals surface area contributed by atoms with Crippen molar-refractivity contribution in [1.29, 1.82) is 0 Å². The summed E-state index contributed by atoms with van der Waals surface area (Å²) in [7, 11) is 0. The van der Waals surface area contributed by atoms with Crippen LogP contribution in [-0.4, -0.2) is 37.2 Å². The van der Waals surface area contributed by atoms with E-state index >= 15 is 0 Å². The maximum Gasteiger partial charge on any atom is 0.220 e. The van der Waals surface area contributed by atoms with Gasteiger partial charge < -0.3 is 15.0 Å². The molecule has 1 N–H and O–H groups in total. The Kier molecular flexibility index (Phi) is 6.12. The maximum atomic E-state index is 13.1. The molecule has 0 radical (unpaired) electrons. The molecule has 1 aliphatic rings. The summed E-state index contributed by atoms with van der Waals surface area (Å²) in [5.41, 5.74) is 1.42. The first-order valence-corrected chi connectivity index (χ1v) is 8.59. The molecular formula is C19H21F2N3O2. The van der Waals surface area contributed by atoms with Gasteiger partial charge in [-0.2, -0.15) is 0 Å². The van der Waals surface area contributed by atoms with Crippen LogP contribution in [0, 0.1) is 11.6 Å². The zero-order valence-corrected chi connectivity index (χ0v) is 14.4. The lowest BCUT2D eigenvalue weighted by Gasteiger charge is -2.28. The van der Waals surface area contributed by atoms with Gasteiger partial charge in [0.1, 0.15) is 17.5 Å². The van der Waals surface area contributed by atoms with Crippen molar-refractivity contribution in [3.05, 3.63) is 59.3 Å². The van der Waals surface area contributed by atoms with Crippen molar-refractivity contribution in [2.45, 2.75) is 19.4 Å². The van der Waals surface area contributed by atoms with E-state index in [2.05, 4.69) is 15.2 Å². The van der Waals surface area contributed by atoms with Crippen molar-refractivity contribution < 1.29 is 18.3 Å². The van der Waals surface area contributed by atoms with E-state index in [1.807, 2.05) is 12.1 Å². The number of carbonyl (C=O) groups is 1. The Hall–Kier alpha value is -2.54. The van der Waals surface area contributed by atoms with Crippen LogP contribution in [0.25, 0.3) is 0 Å². The van der Waals surface area contributed by atoms with Crippen LogP contribution in [-0.2, 0) is 22.5 Å². The van der Waals surface area contributed by atoms with E-state index in [4.69, 9.17) is 4.74 Å². The van der Waals surface area contributed by atoms with Crippen LogP contribution in [0.3, 0.4) is 0 Å². The maximum absolute atomic E-state index is 13.1. The van der Waals surface area contributed by atoms with Gasteiger partial charge in [0.15, 0.2) is 0 Å². The Morgan fingerprint density at radius 2 is 1.85 bits per heavy atom. The topological polar surface area (TPSA) is 54.5 Å². The molecule has 5 nitrogen and oxygen atoms in total. The molecule has 3 rings (SSSR count). The predicted molar refractivity (Wildman–Crippen MR) is 93.8 cm³/mol. The second-order valence-corrected chi connectivity index (χ2v) is 6.18. The van der Waals surface area contributed by atoms with Gasteiger partial charge in [-0.25, -0.2) is 13.8 Å². The molecule has 26 heavy (non-hydrogen) atoms. The zero-order valence-electron chi connectivity index (χ0n) is 14.4. The van der Waals surface area contributed by atoms with E-state index in [1.165, 1.54) is 12.1 Å². The van der Waals surface area contributed by atoms with Crippen LogP contribution in [0.15, 0.2) is 36.5 Å². The summed E-state index contributed by atoms with van der Waals surface area (Å²) in [4.78, 5) is 18.5. The minimum absolute atomic E-state index is 0.100. The second kappa shape index (κ2) is 8.71. The third-order valence-electron chi connectivity index (χ3n) is 4.20. The van der Waals surface area contributed by atoms with Crippen LogP contribution < -0.4 is 10.2 Å². The van der Waals surface area contributed by atoms with Crippen LogP contribution in [0.4, 0.5) is 14.6 Å². The zero-order chi connectivity index (χ0) is 18.4. The number of benzene rings is 1. The Morgan fingerprint density at radius 3 is 2.58 bits per heavy atom. The highest BCUT2D eigenvalue weighted by Crippen LogP contribution is 2.15. The highest BCUT2D eigenvalue weighted by molar-refractivity contribution is 5.76. The van der Waals surface area contributed by atoms with Gasteiger partial charge in [0, 0.05) is 38.3 Å². The first-order chi connectivity index (χ1) is 12.6. The van der Waals surface area contributed by atoms with Crippen molar-refractivity contribution in [3.63, 3.8) is 0 Å². The predicted octanol–water partition coefficient (Wildman–Crippen LogP) is 2.45. The molecule has 0 spiro atoms. The number of aryl methyl sites for hydroxylation is 1. The summed E-state index contributed by atoms with van der Waals surface area (Å²) in [6, 6.07) is 7.10. The molecule has 0 bridgehead atoms. The van der Waals surface area contributed by atoms with Gasteiger partial charge in [0.25, 0.3) is 0 Å². The third-order valence-corrected chi connectivity index (χ3v) is 4.20. The van der Waals surface area contributed by atoms with Crippen molar-refractivity contribution in [2.24, 2.45) is 0 Å². The second-order valence-electron chi connectivity index (χ2n) is 6.18. The summed E-state index contributed by atoms with van der Waals surface area (Å²) in [6.45, 7) is 3.09. The fourth-order valence-electron chi connectivity index (χ4n) is 2.84. The first-order valence-electron chi connectivity index (χ1n) is 8.59. The smallest absolute Gasteiger partial charge is 0.220 e. The van der Waals surface area contributed by atoms with Crippen LogP contribution >= 0.6 is 0 Å². The van der Waals surface area contributed by atoms with Gasteiger partial charge in [0.2, 0.25) is 5.91 Å². The van der Waals surface area contributed by atoms with Crippen molar-refractivity contribution in [1.82, 2.24) is 10.3 Å². The number of anilines is 1.